The van der Waals surface area contributed by atoms with Crippen LogP contribution in [0.15, 0.2) is 182 Å². The smallest absolute Gasteiger partial charge is 0.0709 e. The van der Waals surface area contributed by atoms with Crippen molar-refractivity contribution in [2.24, 2.45) is 5.73 Å². The first-order valence-electron chi connectivity index (χ1n) is 16.9. The normalized spacial score (nSPS) is 11.9. The molecule has 3 nitrogen and oxygen atoms in total. The Morgan fingerprint density at radius 3 is 1.86 bits per heavy atom. The van der Waals surface area contributed by atoms with Crippen molar-refractivity contribution < 1.29 is 0 Å². The fourth-order valence-corrected chi connectivity index (χ4v) is 7.04. The van der Waals surface area contributed by atoms with Gasteiger partial charge in [0.05, 0.1) is 23.9 Å². The first-order chi connectivity index (χ1) is 24.6. The number of fused-ring (bicyclic) bond motifs is 1. The number of hydrogen-bond donors (Lipinski definition) is 1. The van der Waals surface area contributed by atoms with E-state index < -0.39 is 5.41 Å². The van der Waals surface area contributed by atoms with Crippen LogP contribution in [-0.4, -0.2) is 4.98 Å². The molecule has 50 heavy (non-hydrogen) atoms. The molecule has 0 bridgehead atoms. The van der Waals surface area contributed by atoms with Crippen molar-refractivity contribution in [3.8, 4) is 39.6 Å². The molecular formula is C47H37N3. The third-order valence-electron chi connectivity index (χ3n) is 9.57. The molecule has 0 radical (unpaired) electrons. The van der Waals surface area contributed by atoms with Crippen LogP contribution in [0.5, 0.6) is 0 Å². The molecule has 3 heteroatoms. The van der Waals surface area contributed by atoms with Gasteiger partial charge in [-0.2, -0.15) is 5.26 Å². The van der Waals surface area contributed by atoms with E-state index in [4.69, 9.17) is 16.0 Å². The minimum absolute atomic E-state index is 0.282. The molecule has 7 aromatic rings. The van der Waals surface area contributed by atoms with Crippen LogP contribution in [0.4, 0.5) is 0 Å². The Hall–Kier alpha value is -6.50. The van der Waals surface area contributed by atoms with E-state index in [0.717, 1.165) is 28.1 Å². The summed E-state index contributed by atoms with van der Waals surface area (Å²) in [5.74, 6) is 0. The van der Waals surface area contributed by atoms with E-state index in [9.17, 15) is 0 Å². The highest BCUT2D eigenvalue weighted by Crippen LogP contribution is 2.48. The minimum atomic E-state index is -0.470. The Kier molecular flexibility index (Phi) is 9.18. The van der Waals surface area contributed by atoms with Gasteiger partial charge in [0, 0.05) is 11.0 Å². The quantitative estimate of drug-likeness (QED) is 0.126. The average Bonchev–Trinajstić information content (AvgIpc) is 3.19. The Labute approximate surface area is 294 Å². The molecule has 0 atom stereocenters. The van der Waals surface area contributed by atoms with E-state index in [0.29, 0.717) is 0 Å². The fourth-order valence-electron chi connectivity index (χ4n) is 7.04. The zero-order chi connectivity index (χ0) is 34.3. The van der Waals surface area contributed by atoms with Gasteiger partial charge in [0.25, 0.3) is 0 Å². The second kappa shape index (κ2) is 14.3. The van der Waals surface area contributed by atoms with E-state index in [1.54, 1.807) is 6.08 Å². The lowest BCUT2D eigenvalue weighted by atomic mass is 9.67. The lowest BCUT2D eigenvalue weighted by molar-refractivity contribution is 0.695. The zero-order valence-corrected chi connectivity index (χ0v) is 28.0. The first-order valence-corrected chi connectivity index (χ1v) is 16.9. The number of benzene rings is 6. The lowest BCUT2D eigenvalue weighted by Gasteiger charge is -2.35. The highest BCUT2D eigenvalue weighted by atomic mass is 14.7. The maximum absolute atomic E-state index is 9.15. The molecule has 7 rings (SSSR count). The summed E-state index contributed by atoms with van der Waals surface area (Å²) in [4.78, 5) is 4.96. The summed E-state index contributed by atoms with van der Waals surface area (Å²) in [5, 5.41) is 11.6. The number of pyridine rings is 1. The zero-order valence-electron chi connectivity index (χ0n) is 28.0. The monoisotopic (exact) mass is 643 g/mol. The average molecular weight is 644 g/mol. The van der Waals surface area contributed by atoms with Gasteiger partial charge in [0.15, 0.2) is 0 Å². The molecule has 0 aliphatic rings. The van der Waals surface area contributed by atoms with E-state index in [-0.39, 0.29) is 6.42 Å². The summed E-state index contributed by atoms with van der Waals surface area (Å²) in [5.41, 5.74) is 17.1. The van der Waals surface area contributed by atoms with Gasteiger partial charge in [-0.1, -0.05) is 152 Å². The Morgan fingerprint density at radius 1 is 0.660 bits per heavy atom. The molecule has 1 aromatic heterocycles. The molecule has 0 saturated carbocycles. The fraction of sp³-hybridized carbons (Fsp3) is 0.0638. The number of nitrogens with two attached hydrogens (primary N) is 1. The largest absolute Gasteiger partial charge is 0.405 e. The Balaban J connectivity index is 1.47. The van der Waals surface area contributed by atoms with Gasteiger partial charge in [-0.3, -0.25) is 0 Å². The minimum Gasteiger partial charge on any atom is -0.405 e. The van der Waals surface area contributed by atoms with Crippen LogP contribution >= 0.6 is 0 Å². The van der Waals surface area contributed by atoms with Crippen LogP contribution in [0, 0.1) is 11.3 Å². The highest BCUT2D eigenvalue weighted by molar-refractivity contribution is 6.07. The van der Waals surface area contributed by atoms with Crippen molar-refractivity contribution >= 4 is 16.3 Å². The van der Waals surface area contributed by atoms with Crippen molar-refractivity contribution in [3.05, 3.63) is 205 Å². The van der Waals surface area contributed by atoms with Crippen LogP contribution in [0.2, 0.25) is 0 Å². The summed E-state index contributed by atoms with van der Waals surface area (Å²) >= 11 is 0. The molecule has 0 unspecified atom stereocenters. The van der Waals surface area contributed by atoms with Gasteiger partial charge in [0.1, 0.15) is 0 Å². The van der Waals surface area contributed by atoms with E-state index >= 15 is 0 Å². The molecule has 1 heterocycles. The molecule has 0 amide bonds. The Morgan fingerprint density at radius 2 is 1.24 bits per heavy atom. The number of nitriles is 1. The molecule has 0 aliphatic carbocycles. The summed E-state index contributed by atoms with van der Waals surface area (Å²) < 4.78 is 0. The molecule has 2 N–H and O–H groups in total. The molecule has 0 fully saturated rings. The first kappa shape index (κ1) is 32.1. The predicted octanol–water partition coefficient (Wildman–Crippen LogP) is 11.4. The molecular weight excluding hydrogens is 607 g/mol. The SMILES string of the molecule is CC(c1ccccc1)(c1ccccc1)c1cc(-c2ccccc2)c2ccccc2c1-c1ccc(-c2cccc(C(/C=C\N)=C/CC#N)n2)cc1. The maximum Gasteiger partial charge on any atom is 0.0709 e. The number of rotatable bonds is 9. The van der Waals surface area contributed by atoms with Crippen LogP contribution in [0.1, 0.15) is 35.7 Å². The van der Waals surface area contributed by atoms with E-state index in [1.807, 2.05) is 24.3 Å². The summed E-state index contributed by atoms with van der Waals surface area (Å²) in [7, 11) is 0. The highest BCUT2D eigenvalue weighted by Gasteiger charge is 2.35. The third-order valence-corrected chi connectivity index (χ3v) is 9.57. The van der Waals surface area contributed by atoms with Crippen LogP contribution < -0.4 is 5.73 Å². The number of allylic oxidation sites excluding steroid dienone is 3. The lowest BCUT2D eigenvalue weighted by Crippen LogP contribution is -2.26. The molecule has 0 saturated heterocycles. The molecule has 0 aliphatic heterocycles. The molecule has 6 aromatic carbocycles. The van der Waals surface area contributed by atoms with Crippen molar-refractivity contribution in [3.63, 3.8) is 0 Å². The summed E-state index contributed by atoms with van der Waals surface area (Å²) in [6.45, 7) is 2.36. The van der Waals surface area contributed by atoms with Crippen molar-refractivity contribution in [1.82, 2.24) is 4.98 Å². The van der Waals surface area contributed by atoms with Gasteiger partial charge in [-0.25, -0.2) is 4.98 Å². The topological polar surface area (TPSA) is 62.7 Å². The van der Waals surface area contributed by atoms with E-state index in [2.05, 4.69) is 159 Å². The van der Waals surface area contributed by atoms with Gasteiger partial charge < -0.3 is 5.73 Å². The second-order valence-electron chi connectivity index (χ2n) is 12.5. The van der Waals surface area contributed by atoms with E-state index in [1.165, 1.54) is 50.4 Å². The van der Waals surface area contributed by atoms with Gasteiger partial charge in [-0.15, -0.1) is 0 Å². The summed E-state index contributed by atoms with van der Waals surface area (Å²) in [6, 6.07) is 60.5. The van der Waals surface area contributed by atoms with Crippen LogP contribution in [0.25, 0.3) is 49.9 Å². The van der Waals surface area contributed by atoms with Gasteiger partial charge >= 0.3 is 0 Å². The summed E-state index contributed by atoms with van der Waals surface area (Å²) in [6.07, 6.45) is 5.40. The Bertz CT molecular complexity index is 2310. The van der Waals surface area contributed by atoms with Crippen LogP contribution in [0.3, 0.4) is 0 Å². The second-order valence-corrected chi connectivity index (χ2v) is 12.5. The van der Waals surface area contributed by atoms with Crippen molar-refractivity contribution in [2.75, 3.05) is 0 Å². The number of nitrogens with zero attached hydrogens (tertiary/aromatic N) is 2. The molecule has 240 valence electrons. The molecule has 0 spiro atoms. The van der Waals surface area contributed by atoms with Gasteiger partial charge in [-0.05, 0) is 92.7 Å². The number of aromatic nitrogens is 1. The third kappa shape index (κ3) is 6.12. The van der Waals surface area contributed by atoms with Gasteiger partial charge in [0.2, 0.25) is 0 Å². The maximum atomic E-state index is 9.15. The van der Waals surface area contributed by atoms with Crippen LogP contribution in [-0.2, 0) is 5.41 Å². The standard InChI is InChI=1S/C47H37N3/c1-47(38-18-7-3-8-19-38,39-20-9-4-10-21-39)43-33-42(34-15-5-2-6-16-34)40-22-11-12-23-41(40)46(43)37-28-26-36(27-29-37)45-25-13-24-44(50-45)35(30-32-49)17-14-31-48/h2-13,15-30,32-33H,14,49H2,1H3/b32-30-,35-17+. The van der Waals surface area contributed by atoms with Crippen molar-refractivity contribution in [1.29, 1.82) is 5.26 Å². The number of hydrogen-bond acceptors (Lipinski definition) is 3. The van der Waals surface area contributed by atoms with Crippen molar-refractivity contribution in [2.45, 2.75) is 18.8 Å². The predicted molar refractivity (Wildman–Crippen MR) is 208 cm³/mol.